The summed E-state index contributed by atoms with van der Waals surface area (Å²) in [6.07, 6.45) is -1.02. The number of amides is 1. The van der Waals surface area contributed by atoms with Crippen molar-refractivity contribution in [1.82, 2.24) is 15.2 Å². The summed E-state index contributed by atoms with van der Waals surface area (Å²) in [5.41, 5.74) is 0.530. The highest BCUT2D eigenvalue weighted by molar-refractivity contribution is 5.94. The summed E-state index contributed by atoms with van der Waals surface area (Å²) < 4.78 is 37.8. The summed E-state index contributed by atoms with van der Waals surface area (Å²) in [5, 5.41) is 3.33. The fourth-order valence-electron chi connectivity index (χ4n) is 2.74. The molecule has 1 amide bonds. The second-order valence-corrected chi connectivity index (χ2v) is 5.61. The van der Waals surface area contributed by atoms with E-state index in [0.717, 1.165) is 17.7 Å². The molecule has 1 aromatic heterocycles. The first-order valence-electron chi connectivity index (χ1n) is 7.55. The monoisotopic (exact) mass is 335 g/mol. The van der Waals surface area contributed by atoms with Gasteiger partial charge in [0.1, 0.15) is 0 Å². The van der Waals surface area contributed by atoms with Gasteiger partial charge < -0.3 is 10.2 Å². The van der Waals surface area contributed by atoms with Crippen molar-refractivity contribution in [2.45, 2.75) is 12.2 Å². The fourth-order valence-corrected chi connectivity index (χ4v) is 2.74. The van der Waals surface area contributed by atoms with Crippen LogP contribution in [-0.4, -0.2) is 35.4 Å². The van der Waals surface area contributed by atoms with Crippen molar-refractivity contribution >= 4 is 5.91 Å². The third-order valence-electron chi connectivity index (χ3n) is 4.03. The van der Waals surface area contributed by atoms with Crippen LogP contribution < -0.4 is 5.32 Å². The quantitative estimate of drug-likeness (QED) is 0.918. The van der Waals surface area contributed by atoms with E-state index >= 15 is 0 Å². The Bertz CT molecular complexity index is 701. The van der Waals surface area contributed by atoms with Crippen molar-refractivity contribution in [1.29, 1.82) is 0 Å². The highest BCUT2D eigenvalue weighted by atomic mass is 19.4. The molecule has 0 saturated carbocycles. The van der Waals surface area contributed by atoms with Crippen LogP contribution in [0.25, 0.3) is 0 Å². The lowest BCUT2D eigenvalue weighted by Crippen LogP contribution is -2.48. The summed E-state index contributed by atoms with van der Waals surface area (Å²) in [6, 6.07) is 8.09. The number of benzene rings is 1. The molecular formula is C17H16F3N3O. The van der Waals surface area contributed by atoms with Crippen molar-refractivity contribution in [3.8, 4) is 0 Å². The van der Waals surface area contributed by atoms with E-state index in [9.17, 15) is 18.0 Å². The summed E-state index contributed by atoms with van der Waals surface area (Å²) in [7, 11) is 0. The molecule has 24 heavy (non-hydrogen) atoms. The van der Waals surface area contributed by atoms with E-state index in [0.29, 0.717) is 19.6 Å². The molecule has 2 aromatic rings. The molecule has 1 aliphatic heterocycles. The second-order valence-electron chi connectivity index (χ2n) is 5.61. The summed E-state index contributed by atoms with van der Waals surface area (Å²) >= 11 is 0. The number of nitrogens with zero attached hydrogens (tertiary/aromatic N) is 2. The van der Waals surface area contributed by atoms with E-state index in [1.165, 1.54) is 12.1 Å². The van der Waals surface area contributed by atoms with Gasteiger partial charge in [-0.1, -0.05) is 0 Å². The van der Waals surface area contributed by atoms with E-state index in [1.54, 1.807) is 17.3 Å². The Labute approximate surface area is 137 Å². The lowest BCUT2D eigenvalue weighted by Gasteiger charge is -2.34. The first-order chi connectivity index (χ1) is 11.4. The number of hydrogen-bond donors (Lipinski definition) is 1. The average Bonchev–Trinajstić information content (AvgIpc) is 2.61. The van der Waals surface area contributed by atoms with Crippen LogP contribution in [0.4, 0.5) is 13.2 Å². The first kappa shape index (κ1) is 16.4. The van der Waals surface area contributed by atoms with Crippen LogP contribution in [0.1, 0.15) is 27.5 Å². The molecule has 0 bridgehead atoms. The van der Waals surface area contributed by atoms with E-state index in [4.69, 9.17) is 0 Å². The van der Waals surface area contributed by atoms with Gasteiger partial charge in [0.05, 0.1) is 11.6 Å². The van der Waals surface area contributed by atoms with Crippen molar-refractivity contribution in [2.75, 3.05) is 19.6 Å². The number of piperazine rings is 1. The molecule has 1 aromatic carbocycles. The van der Waals surface area contributed by atoms with Gasteiger partial charge in [-0.3, -0.25) is 9.78 Å². The van der Waals surface area contributed by atoms with Gasteiger partial charge in [0, 0.05) is 37.6 Å². The molecule has 1 saturated heterocycles. The minimum atomic E-state index is -4.40. The zero-order valence-electron chi connectivity index (χ0n) is 12.8. The number of rotatable bonds is 2. The number of carbonyl (C=O) groups is 1. The summed E-state index contributed by atoms with van der Waals surface area (Å²) in [5.74, 6) is -0.260. The molecule has 0 spiro atoms. The molecule has 0 unspecified atom stereocenters. The average molecular weight is 335 g/mol. The van der Waals surface area contributed by atoms with Gasteiger partial charge >= 0.3 is 6.18 Å². The summed E-state index contributed by atoms with van der Waals surface area (Å²) in [4.78, 5) is 18.2. The lowest BCUT2D eigenvalue weighted by molar-refractivity contribution is -0.137. The Morgan fingerprint density at radius 2 is 1.79 bits per heavy atom. The zero-order chi connectivity index (χ0) is 17.2. The maximum Gasteiger partial charge on any atom is 0.416 e. The number of halogens is 3. The van der Waals surface area contributed by atoms with Crippen LogP contribution in [0.5, 0.6) is 0 Å². The third kappa shape index (κ3) is 3.56. The van der Waals surface area contributed by atoms with E-state index in [1.807, 2.05) is 12.1 Å². The first-order valence-corrected chi connectivity index (χ1v) is 7.55. The number of alkyl halides is 3. The van der Waals surface area contributed by atoms with Crippen LogP contribution >= 0.6 is 0 Å². The van der Waals surface area contributed by atoms with Crippen LogP contribution in [0, 0.1) is 0 Å². The van der Waals surface area contributed by atoms with Gasteiger partial charge in [-0.2, -0.15) is 13.2 Å². The summed E-state index contributed by atoms with van der Waals surface area (Å²) in [6.45, 7) is 1.60. The molecule has 0 aliphatic carbocycles. The molecule has 2 heterocycles. The van der Waals surface area contributed by atoms with Gasteiger partial charge in [0.2, 0.25) is 0 Å². The molecule has 0 radical (unpaired) electrons. The fraction of sp³-hybridized carbons (Fsp3) is 0.294. The Morgan fingerprint density at radius 3 is 2.42 bits per heavy atom. The maximum atomic E-state index is 12.6. The van der Waals surface area contributed by atoms with Gasteiger partial charge in [-0.05, 0) is 42.0 Å². The molecule has 1 atom stereocenters. The predicted octanol–water partition coefficient (Wildman–Crippen LogP) is 2.89. The third-order valence-corrected chi connectivity index (χ3v) is 4.03. The zero-order valence-corrected chi connectivity index (χ0v) is 12.8. The minimum Gasteiger partial charge on any atom is -0.335 e. The maximum absolute atomic E-state index is 12.6. The van der Waals surface area contributed by atoms with Crippen LogP contribution in [0.15, 0.2) is 48.8 Å². The van der Waals surface area contributed by atoms with Crippen molar-refractivity contribution in [2.24, 2.45) is 0 Å². The lowest BCUT2D eigenvalue weighted by atomic mass is 10.0. The van der Waals surface area contributed by atoms with Gasteiger partial charge in [0.15, 0.2) is 0 Å². The molecule has 3 rings (SSSR count). The number of nitrogens with one attached hydrogen (secondary N) is 1. The number of aromatic nitrogens is 1. The highest BCUT2D eigenvalue weighted by Crippen LogP contribution is 2.29. The van der Waals surface area contributed by atoms with Gasteiger partial charge in [-0.15, -0.1) is 0 Å². The smallest absolute Gasteiger partial charge is 0.335 e. The van der Waals surface area contributed by atoms with Crippen molar-refractivity contribution in [3.05, 3.63) is 65.5 Å². The van der Waals surface area contributed by atoms with E-state index in [-0.39, 0.29) is 17.5 Å². The molecule has 1 N–H and O–H groups in total. The number of hydrogen-bond acceptors (Lipinski definition) is 3. The topological polar surface area (TPSA) is 45.2 Å². The van der Waals surface area contributed by atoms with Gasteiger partial charge in [0.25, 0.3) is 5.91 Å². The van der Waals surface area contributed by atoms with Crippen molar-refractivity contribution in [3.63, 3.8) is 0 Å². The number of carbonyl (C=O) groups excluding carboxylic acids is 1. The molecule has 7 heteroatoms. The molecular weight excluding hydrogens is 319 g/mol. The second kappa shape index (κ2) is 6.60. The Kier molecular flexibility index (Phi) is 4.53. The van der Waals surface area contributed by atoms with Crippen molar-refractivity contribution < 1.29 is 18.0 Å². The highest BCUT2D eigenvalue weighted by Gasteiger charge is 2.31. The van der Waals surface area contributed by atoms with Crippen LogP contribution in [0.3, 0.4) is 0 Å². The predicted molar refractivity (Wildman–Crippen MR) is 82.3 cm³/mol. The Hall–Kier alpha value is -2.41. The van der Waals surface area contributed by atoms with E-state index < -0.39 is 11.7 Å². The van der Waals surface area contributed by atoms with Crippen LogP contribution in [0.2, 0.25) is 0 Å². The standard InChI is InChI=1S/C17H16F3N3O/c18-17(19,20)14-3-1-13(2-4-14)16(24)23-10-9-22-15(11-23)12-5-7-21-8-6-12/h1-8,15,22H,9-11H2/t15-/m0/s1. The molecule has 1 fully saturated rings. The van der Waals surface area contributed by atoms with E-state index in [2.05, 4.69) is 10.3 Å². The van der Waals surface area contributed by atoms with Crippen LogP contribution in [-0.2, 0) is 6.18 Å². The SMILES string of the molecule is O=C(c1ccc(C(F)(F)F)cc1)N1CCN[C@H](c2ccncc2)C1. The molecule has 4 nitrogen and oxygen atoms in total. The normalized spacial score (nSPS) is 18.5. The number of pyridine rings is 1. The Balaban J connectivity index is 1.73. The molecule has 126 valence electrons. The minimum absolute atomic E-state index is 0.0138. The molecule has 1 aliphatic rings. The van der Waals surface area contributed by atoms with Gasteiger partial charge in [-0.25, -0.2) is 0 Å². The Morgan fingerprint density at radius 1 is 1.12 bits per heavy atom. The largest absolute Gasteiger partial charge is 0.416 e.